The summed E-state index contributed by atoms with van der Waals surface area (Å²) < 4.78 is 6.16. The van der Waals surface area contributed by atoms with E-state index in [4.69, 9.17) is 10.5 Å². The predicted octanol–water partition coefficient (Wildman–Crippen LogP) is 3.97. The molecule has 5 nitrogen and oxygen atoms in total. The van der Waals surface area contributed by atoms with Gasteiger partial charge >= 0.3 is 0 Å². The predicted molar refractivity (Wildman–Crippen MR) is 102 cm³/mol. The zero-order valence-electron chi connectivity index (χ0n) is 14.5. The molecule has 0 spiro atoms. The molecule has 2 aliphatic rings. The van der Waals surface area contributed by atoms with Gasteiger partial charge in [0.2, 0.25) is 0 Å². The Balaban J connectivity index is 1.52. The number of hydrogen-bond donors (Lipinski definition) is 2. The van der Waals surface area contributed by atoms with Crippen molar-refractivity contribution in [3.8, 4) is 16.2 Å². The normalized spacial score (nSPS) is 19.8. The Kier molecular flexibility index (Phi) is 5.17. The maximum atomic E-state index is 6.16. The van der Waals surface area contributed by atoms with Crippen LogP contribution >= 0.6 is 11.3 Å². The number of anilines is 1. The monoisotopic (exact) mass is 358 g/mol. The van der Waals surface area contributed by atoms with Crippen LogP contribution in [0.1, 0.15) is 55.9 Å². The smallest absolute Gasteiger partial charge is 0.166 e. The molecule has 2 fully saturated rings. The van der Waals surface area contributed by atoms with Crippen LogP contribution in [-0.4, -0.2) is 29.2 Å². The molecule has 1 saturated heterocycles. The third-order valence-corrected chi connectivity index (χ3v) is 6.43. The first-order valence-electron chi connectivity index (χ1n) is 9.38. The van der Waals surface area contributed by atoms with E-state index in [2.05, 4.69) is 15.3 Å². The van der Waals surface area contributed by atoms with Crippen molar-refractivity contribution in [1.82, 2.24) is 15.3 Å². The molecule has 0 bridgehead atoms. The van der Waals surface area contributed by atoms with Gasteiger partial charge in [0.05, 0.1) is 16.0 Å². The summed E-state index contributed by atoms with van der Waals surface area (Å²) in [5.41, 5.74) is 7.10. The SMILES string of the molecule is Nc1ncc(-c2cnc(C3CCNCC3)s2)cc1OC1CCCCC1. The van der Waals surface area contributed by atoms with E-state index in [0.29, 0.717) is 11.7 Å². The van der Waals surface area contributed by atoms with Crippen LogP contribution in [0.25, 0.3) is 10.4 Å². The lowest BCUT2D eigenvalue weighted by atomic mass is 9.98. The van der Waals surface area contributed by atoms with Gasteiger partial charge in [-0.15, -0.1) is 11.3 Å². The van der Waals surface area contributed by atoms with Crippen LogP contribution in [0, 0.1) is 0 Å². The molecule has 4 rings (SSSR count). The first-order valence-corrected chi connectivity index (χ1v) is 10.2. The van der Waals surface area contributed by atoms with Gasteiger partial charge in [-0.05, 0) is 57.7 Å². The second-order valence-corrected chi connectivity index (χ2v) is 8.13. The van der Waals surface area contributed by atoms with Gasteiger partial charge in [-0.2, -0.15) is 0 Å². The Morgan fingerprint density at radius 1 is 1.04 bits per heavy atom. The molecule has 2 aromatic rings. The van der Waals surface area contributed by atoms with Crippen LogP contribution in [0.3, 0.4) is 0 Å². The van der Waals surface area contributed by atoms with Gasteiger partial charge in [0.1, 0.15) is 0 Å². The van der Waals surface area contributed by atoms with Gasteiger partial charge in [-0.25, -0.2) is 9.97 Å². The second-order valence-electron chi connectivity index (χ2n) is 7.07. The summed E-state index contributed by atoms with van der Waals surface area (Å²) in [5.74, 6) is 1.79. The van der Waals surface area contributed by atoms with Crippen molar-refractivity contribution < 1.29 is 4.74 Å². The van der Waals surface area contributed by atoms with Crippen LogP contribution in [0.2, 0.25) is 0 Å². The van der Waals surface area contributed by atoms with E-state index < -0.39 is 0 Å². The van der Waals surface area contributed by atoms with Crippen molar-refractivity contribution >= 4 is 17.2 Å². The van der Waals surface area contributed by atoms with Gasteiger partial charge in [-0.1, -0.05) is 6.42 Å². The molecule has 3 N–H and O–H groups in total. The highest BCUT2D eigenvalue weighted by atomic mass is 32.1. The van der Waals surface area contributed by atoms with E-state index in [0.717, 1.165) is 42.1 Å². The molecule has 1 saturated carbocycles. The minimum Gasteiger partial charge on any atom is -0.487 e. The first kappa shape index (κ1) is 16.8. The zero-order valence-corrected chi connectivity index (χ0v) is 15.4. The van der Waals surface area contributed by atoms with Crippen LogP contribution in [0.15, 0.2) is 18.5 Å². The minimum atomic E-state index is 0.278. The fraction of sp³-hybridized carbons (Fsp3) is 0.579. The summed E-state index contributed by atoms with van der Waals surface area (Å²) in [6.45, 7) is 2.17. The first-order chi connectivity index (χ1) is 12.3. The molecule has 134 valence electrons. The Morgan fingerprint density at radius 3 is 2.64 bits per heavy atom. The van der Waals surface area contributed by atoms with Crippen LogP contribution in [0.4, 0.5) is 5.82 Å². The highest BCUT2D eigenvalue weighted by molar-refractivity contribution is 7.15. The zero-order chi connectivity index (χ0) is 17.1. The number of nitrogen functional groups attached to an aromatic ring is 1. The molecule has 0 unspecified atom stereocenters. The van der Waals surface area contributed by atoms with Crippen LogP contribution in [-0.2, 0) is 0 Å². The van der Waals surface area contributed by atoms with Gasteiger partial charge in [-0.3, -0.25) is 0 Å². The van der Waals surface area contributed by atoms with Crippen molar-refractivity contribution in [2.75, 3.05) is 18.8 Å². The highest BCUT2D eigenvalue weighted by Crippen LogP contribution is 2.36. The number of pyridine rings is 1. The number of ether oxygens (including phenoxy) is 1. The van der Waals surface area contributed by atoms with Crippen molar-refractivity contribution in [1.29, 1.82) is 0 Å². The number of hydrogen-bond acceptors (Lipinski definition) is 6. The third-order valence-electron chi connectivity index (χ3n) is 5.22. The van der Waals surface area contributed by atoms with E-state index >= 15 is 0 Å². The number of aromatic nitrogens is 2. The maximum Gasteiger partial charge on any atom is 0.166 e. The molecule has 0 radical (unpaired) electrons. The lowest BCUT2D eigenvalue weighted by Crippen LogP contribution is -2.26. The lowest BCUT2D eigenvalue weighted by molar-refractivity contribution is 0.155. The van der Waals surface area contributed by atoms with E-state index in [1.54, 1.807) is 11.3 Å². The number of thiazole rings is 1. The topological polar surface area (TPSA) is 73.1 Å². The summed E-state index contributed by atoms with van der Waals surface area (Å²) in [7, 11) is 0. The minimum absolute atomic E-state index is 0.278. The fourth-order valence-electron chi connectivity index (χ4n) is 3.73. The molecular formula is C19H26N4OS. The summed E-state index contributed by atoms with van der Waals surface area (Å²) in [4.78, 5) is 10.2. The average molecular weight is 359 g/mol. The molecule has 0 amide bonds. The quantitative estimate of drug-likeness (QED) is 0.865. The number of piperidine rings is 1. The molecule has 6 heteroatoms. The molecule has 25 heavy (non-hydrogen) atoms. The molecule has 1 aliphatic heterocycles. The number of nitrogens with zero attached hydrogens (tertiary/aromatic N) is 2. The summed E-state index contributed by atoms with van der Waals surface area (Å²) in [5, 5.41) is 4.65. The Labute approximate surface area is 153 Å². The van der Waals surface area contributed by atoms with Gasteiger partial charge < -0.3 is 15.8 Å². The van der Waals surface area contributed by atoms with E-state index in [9.17, 15) is 0 Å². The van der Waals surface area contributed by atoms with E-state index in [-0.39, 0.29) is 6.10 Å². The number of nitrogens with one attached hydrogen (secondary N) is 1. The van der Waals surface area contributed by atoms with Crippen LogP contribution < -0.4 is 15.8 Å². The van der Waals surface area contributed by atoms with Crippen molar-refractivity contribution in [2.45, 2.75) is 57.0 Å². The van der Waals surface area contributed by atoms with E-state index in [1.807, 2.05) is 18.5 Å². The highest BCUT2D eigenvalue weighted by Gasteiger charge is 2.20. The molecule has 3 heterocycles. The fourth-order valence-corrected chi connectivity index (χ4v) is 4.79. The lowest BCUT2D eigenvalue weighted by Gasteiger charge is -2.23. The Hall–Kier alpha value is -1.66. The summed E-state index contributed by atoms with van der Waals surface area (Å²) in [6.07, 6.45) is 12.5. The molecule has 0 aromatic carbocycles. The molecule has 0 atom stereocenters. The molecule has 1 aliphatic carbocycles. The standard InChI is InChI=1S/C19H26N4OS/c20-18-16(24-15-4-2-1-3-5-15)10-14(11-22-18)17-12-23-19(25-17)13-6-8-21-9-7-13/h10-13,15,21H,1-9H2,(H2,20,22). The Morgan fingerprint density at radius 2 is 1.84 bits per heavy atom. The molecule has 2 aromatic heterocycles. The van der Waals surface area contributed by atoms with Gasteiger partial charge in [0.15, 0.2) is 11.6 Å². The second kappa shape index (κ2) is 7.70. The summed E-state index contributed by atoms with van der Waals surface area (Å²) >= 11 is 1.78. The van der Waals surface area contributed by atoms with Crippen molar-refractivity contribution in [2.24, 2.45) is 0 Å². The number of nitrogens with two attached hydrogens (primary N) is 1. The van der Waals surface area contributed by atoms with Crippen molar-refractivity contribution in [3.63, 3.8) is 0 Å². The third kappa shape index (κ3) is 3.96. The van der Waals surface area contributed by atoms with Crippen molar-refractivity contribution in [3.05, 3.63) is 23.5 Å². The average Bonchev–Trinajstić information content (AvgIpc) is 3.15. The van der Waals surface area contributed by atoms with Crippen LogP contribution in [0.5, 0.6) is 5.75 Å². The maximum absolute atomic E-state index is 6.16. The number of rotatable bonds is 4. The largest absolute Gasteiger partial charge is 0.487 e. The van der Waals surface area contributed by atoms with E-state index in [1.165, 1.54) is 37.1 Å². The summed E-state index contributed by atoms with van der Waals surface area (Å²) in [6, 6.07) is 2.04. The van der Waals surface area contributed by atoms with Gasteiger partial charge in [0, 0.05) is 23.9 Å². The van der Waals surface area contributed by atoms with Gasteiger partial charge in [0.25, 0.3) is 0 Å². The Bertz CT molecular complexity index is 705. The molecular weight excluding hydrogens is 332 g/mol.